The molecule has 0 radical (unpaired) electrons. The second kappa shape index (κ2) is 10.2. The van der Waals surface area contributed by atoms with Crippen LogP contribution in [0.4, 0.5) is 0 Å². The van der Waals surface area contributed by atoms with Gasteiger partial charge in [-0.3, -0.25) is 4.90 Å². The quantitative estimate of drug-likeness (QED) is 0.614. The first kappa shape index (κ1) is 21.1. The van der Waals surface area contributed by atoms with Crippen LogP contribution in [0, 0.1) is 0 Å². The van der Waals surface area contributed by atoms with Crippen molar-refractivity contribution in [2.45, 2.75) is 37.4 Å². The summed E-state index contributed by atoms with van der Waals surface area (Å²) in [5.41, 5.74) is 0. The van der Waals surface area contributed by atoms with Crippen LogP contribution < -0.4 is 9.46 Å². The lowest BCUT2D eigenvalue weighted by molar-refractivity contribution is -0.0679. The summed E-state index contributed by atoms with van der Waals surface area (Å²) in [4.78, 5) is 2.56. The molecule has 1 aliphatic heterocycles. The van der Waals surface area contributed by atoms with Crippen molar-refractivity contribution in [1.29, 1.82) is 0 Å². The molecule has 1 heterocycles. The standard InChI is InChI=1S/C18H30N2O5S/c1-15-13-20(14-16(2)25-15)10-4-9-19-26(21,22)18-7-5-17(6-8-18)24-12-11-23-3/h5-8,15-16,19H,4,9-14H2,1-3H3. The van der Waals surface area contributed by atoms with Gasteiger partial charge in [0.05, 0.1) is 23.7 Å². The van der Waals surface area contributed by atoms with Crippen LogP contribution in [0.3, 0.4) is 0 Å². The van der Waals surface area contributed by atoms with E-state index in [4.69, 9.17) is 14.2 Å². The number of benzene rings is 1. The van der Waals surface area contributed by atoms with Gasteiger partial charge >= 0.3 is 0 Å². The van der Waals surface area contributed by atoms with Crippen molar-refractivity contribution in [1.82, 2.24) is 9.62 Å². The maximum atomic E-state index is 12.4. The Morgan fingerprint density at radius 1 is 1.15 bits per heavy atom. The van der Waals surface area contributed by atoms with E-state index in [1.54, 1.807) is 31.4 Å². The van der Waals surface area contributed by atoms with E-state index in [-0.39, 0.29) is 17.1 Å². The molecule has 2 unspecified atom stereocenters. The lowest BCUT2D eigenvalue weighted by Gasteiger charge is -2.35. The Labute approximate surface area is 156 Å². The molecule has 2 atom stereocenters. The van der Waals surface area contributed by atoms with Crippen molar-refractivity contribution in [3.05, 3.63) is 24.3 Å². The first-order valence-electron chi connectivity index (χ1n) is 9.00. The summed E-state index contributed by atoms with van der Waals surface area (Å²) in [6.45, 7) is 8.09. The van der Waals surface area contributed by atoms with Crippen molar-refractivity contribution in [2.75, 3.05) is 46.5 Å². The van der Waals surface area contributed by atoms with E-state index in [0.717, 1.165) is 26.1 Å². The fourth-order valence-corrected chi connectivity index (χ4v) is 4.09. The molecule has 148 valence electrons. The Morgan fingerprint density at radius 3 is 2.42 bits per heavy atom. The lowest BCUT2D eigenvalue weighted by Crippen LogP contribution is -2.46. The average molecular weight is 387 g/mol. The SMILES string of the molecule is COCCOc1ccc(S(=O)(=O)NCCCN2CC(C)OC(C)C2)cc1. The molecular formula is C18H30N2O5S. The van der Waals surface area contributed by atoms with Gasteiger partial charge in [0.2, 0.25) is 10.0 Å². The summed E-state index contributed by atoms with van der Waals surface area (Å²) in [6.07, 6.45) is 1.21. The highest BCUT2D eigenvalue weighted by atomic mass is 32.2. The van der Waals surface area contributed by atoms with E-state index in [0.29, 0.717) is 25.5 Å². The van der Waals surface area contributed by atoms with Gasteiger partial charge in [0.25, 0.3) is 0 Å². The minimum absolute atomic E-state index is 0.222. The first-order chi connectivity index (χ1) is 12.4. The maximum Gasteiger partial charge on any atom is 0.240 e. The Kier molecular flexibility index (Phi) is 8.30. The summed E-state index contributed by atoms with van der Waals surface area (Å²) in [6, 6.07) is 6.41. The molecule has 1 aromatic carbocycles. The van der Waals surface area contributed by atoms with Crippen LogP contribution >= 0.6 is 0 Å². The number of ether oxygens (including phenoxy) is 3. The fraction of sp³-hybridized carbons (Fsp3) is 0.667. The Balaban J connectivity index is 1.75. The second-order valence-corrected chi connectivity index (χ2v) is 8.35. The molecule has 1 fully saturated rings. The number of sulfonamides is 1. The van der Waals surface area contributed by atoms with Crippen LogP contribution in [-0.2, 0) is 19.5 Å². The summed E-state index contributed by atoms with van der Waals surface area (Å²) in [7, 11) is -1.90. The first-order valence-corrected chi connectivity index (χ1v) is 10.5. The van der Waals surface area contributed by atoms with Gasteiger partial charge in [-0.1, -0.05) is 0 Å². The van der Waals surface area contributed by atoms with Gasteiger partial charge in [0.1, 0.15) is 12.4 Å². The van der Waals surface area contributed by atoms with E-state index in [1.807, 2.05) is 0 Å². The number of methoxy groups -OCH3 is 1. The molecule has 0 saturated carbocycles. The van der Waals surface area contributed by atoms with E-state index in [2.05, 4.69) is 23.5 Å². The van der Waals surface area contributed by atoms with Crippen molar-refractivity contribution in [3.8, 4) is 5.75 Å². The summed E-state index contributed by atoms with van der Waals surface area (Å²) < 4.78 is 43.4. The Hall–Kier alpha value is -1.19. The third-order valence-corrected chi connectivity index (χ3v) is 5.61. The highest BCUT2D eigenvalue weighted by Gasteiger charge is 2.21. The van der Waals surface area contributed by atoms with Gasteiger partial charge in [0, 0.05) is 26.7 Å². The van der Waals surface area contributed by atoms with E-state index in [1.165, 1.54) is 0 Å². The third-order valence-electron chi connectivity index (χ3n) is 4.13. The molecule has 2 rings (SSSR count). The molecule has 0 amide bonds. The van der Waals surface area contributed by atoms with Gasteiger partial charge in [-0.2, -0.15) is 0 Å². The molecule has 0 spiro atoms. The predicted molar refractivity (Wildman–Crippen MR) is 100 cm³/mol. The van der Waals surface area contributed by atoms with Crippen molar-refractivity contribution < 1.29 is 22.6 Å². The molecular weight excluding hydrogens is 356 g/mol. The van der Waals surface area contributed by atoms with Crippen LogP contribution in [-0.4, -0.2) is 72.0 Å². The smallest absolute Gasteiger partial charge is 0.240 e. The molecule has 0 bridgehead atoms. The van der Waals surface area contributed by atoms with E-state index >= 15 is 0 Å². The molecule has 0 aromatic heterocycles. The molecule has 26 heavy (non-hydrogen) atoms. The van der Waals surface area contributed by atoms with Crippen molar-refractivity contribution in [2.24, 2.45) is 0 Å². The van der Waals surface area contributed by atoms with Gasteiger partial charge < -0.3 is 14.2 Å². The van der Waals surface area contributed by atoms with Gasteiger partial charge in [-0.05, 0) is 51.1 Å². The molecule has 8 heteroatoms. The number of morpholine rings is 1. The third kappa shape index (κ3) is 6.85. The molecule has 1 aliphatic rings. The van der Waals surface area contributed by atoms with Gasteiger partial charge in [-0.15, -0.1) is 0 Å². The maximum absolute atomic E-state index is 12.4. The van der Waals surface area contributed by atoms with Crippen LogP contribution in [0.5, 0.6) is 5.75 Å². The minimum atomic E-state index is -3.50. The van der Waals surface area contributed by atoms with E-state index in [9.17, 15) is 8.42 Å². The highest BCUT2D eigenvalue weighted by Crippen LogP contribution is 2.16. The van der Waals surface area contributed by atoms with Crippen molar-refractivity contribution in [3.63, 3.8) is 0 Å². The van der Waals surface area contributed by atoms with Crippen molar-refractivity contribution >= 4 is 10.0 Å². The summed E-state index contributed by atoms with van der Waals surface area (Å²) >= 11 is 0. The number of nitrogens with one attached hydrogen (secondary N) is 1. The predicted octanol–water partition coefficient (Wildman–Crippen LogP) is 1.49. The van der Waals surface area contributed by atoms with Gasteiger partial charge in [-0.25, -0.2) is 13.1 Å². The molecule has 1 aromatic rings. The van der Waals surface area contributed by atoms with E-state index < -0.39 is 10.0 Å². The summed E-state index contributed by atoms with van der Waals surface area (Å²) in [5.74, 6) is 0.622. The summed E-state index contributed by atoms with van der Waals surface area (Å²) in [5, 5.41) is 0. The van der Waals surface area contributed by atoms with Crippen LogP contribution in [0.2, 0.25) is 0 Å². The number of rotatable bonds is 10. The number of nitrogens with zero attached hydrogens (tertiary/aromatic N) is 1. The van der Waals surface area contributed by atoms with Gasteiger partial charge in [0.15, 0.2) is 0 Å². The Morgan fingerprint density at radius 2 is 1.81 bits per heavy atom. The normalized spacial score (nSPS) is 21.7. The highest BCUT2D eigenvalue weighted by molar-refractivity contribution is 7.89. The monoisotopic (exact) mass is 386 g/mol. The average Bonchev–Trinajstić information content (AvgIpc) is 2.59. The zero-order valence-corrected chi connectivity index (χ0v) is 16.6. The van der Waals surface area contributed by atoms with Crippen LogP contribution in [0.1, 0.15) is 20.3 Å². The minimum Gasteiger partial charge on any atom is -0.491 e. The van der Waals surface area contributed by atoms with Crippen LogP contribution in [0.15, 0.2) is 29.2 Å². The second-order valence-electron chi connectivity index (χ2n) is 6.58. The lowest BCUT2D eigenvalue weighted by atomic mass is 10.2. The van der Waals surface area contributed by atoms with Crippen LogP contribution in [0.25, 0.3) is 0 Å². The molecule has 7 nitrogen and oxygen atoms in total. The number of hydrogen-bond acceptors (Lipinski definition) is 6. The fourth-order valence-electron chi connectivity index (χ4n) is 3.02. The largest absolute Gasteiger partial charge is 0.491 e. The number of hydrogen-bond donors (Lipinski definition) is 1. The Bertz CT molecular complexity index is 625. The zero-order chi connectivity index (χ0) is 19.0. The molecule has 1 N–H and O–H groups in total. The molecule has 1 saturated heterocycles. The topological polar surface area (TPSA) is 77.1 Å². The zero-order valence-electron chi connectivity index (χ0n) is 15.8. The molecule has 0 aliphatic carbocycles.